The molecule has 1 aliphatic rings. The lowest BCUT2D eigenvalue weighted by atomic mass is 9.72. The highest BCUT2D eigenvalue weighted by molar-refractivity contribution is 5.49. The number of hydrogen-bond donors (Lipinski definition) is 1. The van der Waals surface area contributed by atoms with Crippen molar-refractivity contribution in [1.82, 2.24) is 4.90 Å². The van der Waals surface area contributed by atoms with Crippen LogP contribution in [-0.2, 0) is 5.60 Å². The molecular formula is C29H35NO3. The molecule has 1 heterocycles. The lowest BCUT2D eigenvalue weighted by Crippen LogP contribution is -2.43. The Balaban J connectivity index is 1.87. The molecule has 0 amide bonds. The van der Waals surface area contributed by atoms with Gasteiger partial charge in [0.15, 0.2) is 0 Å². The molecule has 174 valence electrons. The minimum Gasteiger partial charge on any atom is -0.496 e. The van der Waals surface area contributed by atoms with Gasteiger partial charge < -0.3 is 19.5 Å². The maximum absolute atomic E-state index is 12.8. The Morgan fingerprint density at radius 1 is 0.879 bits per heavy atom. The summed E-state index contributed by atoms with van der Waals surface area (Å²) in [5.41, 5.74) is 1.45. The summed E-state index contributed by atoms with van der Waals surface area (Å²) >= 11 is 0. The Morgan fingerprint density at radius 3 is 2.21 bits per heavy atom. The minimum absolute atomic E-state index is 0.175. The van der Waals surface area contributed by atoms with Crippen LogP contribution >= 0.6 is 0 Å². The van der Waals surface area contributed by atoms with Gasteiger partial charge in [0.25, 0.3) is 0 Å². The molecule has 1 aliphatic heterocycles. The topological polar surface area (TPSA) is 41.9 Å². The number of rotatable bonds is 9. The molecule has 0 aliphatic carbocycles. The quantitative estimate of drug-likeness (QED) is 0.466. The first kappa shape index (κ1) is 23.3. The van der Waals surface area contributed by atoms with Gasteiger partial charge in [-0.05, 0) is 62.2 Å². The van der Waals surface area contributed by atoms with Crippen LogP contribution in [0.5, 0.6) is 11.5 Å². The average Bonchev–Trinajstić information content (AvgIpc) is 2.88. The number of ether oxygens (including phenoxy) is 2. The second-order valence-corrected chi connectivity index (χ2v) is 8.75. The zero-order chi connectivity index (χ0) is 23.1. The zero-order valence-corrected chi connectivity index (χ0v) is 19.7. The van der Waals surface area contributed by atoms with Crippen molar-refractivity contribution in [2.75, 3.05) is 33.4 Å². The van der Waals surface area contributed by atoms with Crippen LogP contribution in [0, 0.1) is 0 Å². The van der Waals surface area contributed by atoms with Gasteiger partial charge in [0.05, 0.1) is 13.7 Å². The van der Waals surface area contributed by atoms with Crippen LogP contribution in [0.4, 0.5) is 0 Å². The lowest BCUT2D eigenvalue weighted by molar-refractivity contribution is 0.0290. The molecule has 4 nitrogen and oxygen atoms in total. The van der Waals surface area contributed by atoms with Gasteiger partial charge in [-0.15, -0.1) is 0 Å². The molecule has 1 saturated heterocycles. The van der Waals surface area contributed by atoms with Crippen molar-refractivity contribution >= 4 is 0 Å². The van der Waals surface area contributed by atoms with Gasteiger partial charge in [0, 0.05) is 18.0 Å². The molecule has 0 bridgehead atoms. The highest BCUT2D eigenvalue weighted by Gasteiger charge is 2.44. The molecular weight excluding hydrogens is 410 g/mol. The lowest BCUT2D eigenvalue weighted by Gasteiger charge is -2.41. The monoisotopic (exact) mass is 445 g/mol. The van der Waals surface area contributed by atoms with Gasteiger partial charge >= 0.3 is 0 Å². The third kappa shape index (κ3) is 5.07. The van der Waals surface area contributed by atoms with Crippen LogP contribution in [0.25, 0.3) is 0 Å². The van der Waals surface area contributed by atoms with E-state index in [9.17, 15) is 5.11 Å². The summed E-state index contributed by atoms with van der Waals surface area (Å²) in [6, 6.07) is 26.1. The van der Waals surface area contributed by atoms with E-state index in [0.717, 1.165) is 42.1 Å². The average molecular weight is 446 g/mol. The van der Waals surface area contributed by atoms with E-state index in [1.165, 1.54) is 19.3 Å². The van der Waals surface area contributed by atoms with Gasteiger partial charge in [-0.2, -0.15) is 0 Å². The molecule has 2 atom stereocenters. The van der Waals surface area contributed by atoms with Crippen LogP contribution in [0.3, 0.4) is 0 Å². The fourth-order valence-electron chi connectivity index (χ4n) is 5.04. The standard InChI is InChI=1S/C29H35NO3/c1-3-33-25-18-16-24(17-19-25)29(31,26-14-8-9-15-28(26)32-2)27(23-12-6-4-7-13-23)22-30-20-10-5-11-21-30/h4,6-9,12-19,27,31H,3,5,10-11,20-22H2,1-2H3/t27-,29-/m1/s1. The van der Waals surface area contributed by atoms with Crippen LogP contribution in [0.1, 0.15) is 48.8 Å². The SMILES string of the molecule is CCOc1ccc([C@@](O)(c2ccccc2OC)[C@H](CN2CCCCC2)c2ccccc2)cc1. The highest BCUT2D eigenvalue weighted by Crippen LogP contribution is 2.46. The molecule has 1 N–H and O–H groups in total. The van der Waals surface area contributed by atoms with Gasteiger partial charge in [-0.25, -0.2) is 0 Å². The van der Waals surface area contributed by atoms with Gasteiger partial charge in [-0.3, -0.25) is 0 Å². The van der Waals surface area contributed by atoms with E-state index in [1.807, 2.05) is 61.5 Å². The van der Waals surface area contributed by atoms with Crippen molar-refractivity contribution in [3.8, 4) is 11.5 Å². The summed E-state index contributed by atoms with van der Waals surface area (Å²) in [5.74, 6) is 1.32. The first-order valence-electron chi connectivity index (χ1n) is 12.0. The van der Waals surface area contributed by atoms with Gasteiger partial charge in [0.1, 0.15) is 17.1 Å². The van der Waals surface area contributed by atoms with Crippen LogP contribution < -0.4 is 9.47 Å². The Labute approximate surface area is 197 Å². The van der Waals surface area contributed by atoms with Gasteiger partial charge in [-0.1, -0.05) is 67.1 Å². The molecule has 1 fully saturated rings. The summed E-state index contributed by atoms with van der Waals surface area (Å²) < 4.78 is 11.4. The molecule has 0 saturated carbocycles. The van der Waals surface area contributed by atoms with E-state index >= 15 is 0 Å². The number of piperidine rings is 1. The minimum atomic E-state index is -1.28. The molecule has 33 heavy (non-hydrogen) atoms. The second kappa shape index (κ2) is 10.9. The fraction of sp³-hybridized carbons (Fsp3) is 0.379. The number of hydrogen-bond acceptors (Lipinski definition) is 4. The highest BCUT2D eigenvalue weighted by atomic mass is 16.5. The van der Waals surface area contributed by atoms with Crippen LogP contribution in [-0.4, -0.2) is 43.4 Å². The van der Waals surface area contributed by atoms with Crippen molar-refractivity contribution in [2.24, 2.45) is 0 Å². The predicted octanol–water partition coefficient (Wildman–Crippen LogP) is 5.60. The third-order valence-corrected chi connectivity index (χ3v) is 6.72. The summed E-state index contributed by atoms with van der Waals surface area (Å²) in [6.07, 6.45) is 3.69. The number of nitrogens with zero attached hydrogens (tertiary/aromatic N) is 1. The number of methoxy groups -OCH3 is 1. The maximum Gasteiger partial charge on any atom is 0.126 e. The molecule has 3 aromatic rings. The van der Waals surface area contributed by atoms with Gasteiger partial charge in [0.2, 0.25) is 0 Å². The summed E-state index contributed by atoms with van der Waals surface area (Å²) in [5, 5.41) is 12.8. The molecule has 3 aromatic carbocycles. The largest absolute Gasteiger partial charge is 0.496 e. The molecule has 4 rings (SSSR count). The second-order valence-electron chi connectivity index (χ2n) is 8.75. The van der Waals surface area contributed by atoms with E-state index in [4.69, 9.17) is 9.47 Å². The Hall–Kier alpha value is -2.82. The normalized spacial score (nSPS) is 17.2. The maximum atomic E-state index is 12.8. The number of para-hydroxylation sites is 1. The first-order valence-corrected chi connectivity index (χ1v) is 12.0. The smallest absolute Gasteiger partial charge is 0.126 e. The predicted molar refractivity (Wildman–Crippen MR) is 133 cm³/mol. The van der Waals surface area contributed by atoms with Crippen LogP contribution in [0.2, 0.25) is 0 Å². The van der Waals surface area contributed by atoms with Crippen molar-refractivity contribution in [3.05, 3.63) is 95.6 Å². The molecule has 4 heteroatoms. The van der Waals surface area contributed by atoms with Crippen molar-refractivity contribution in [2.45, 2.75) is 37.7 Å². The summed E-state index contributed by atoms with van der Waals surface area (Å²) in [7, 11) is 1.67. The van der Waals surface area contributed by atoms with Crippen molar-refractivity contribution in [1.29, 1.82) is 0 Å². The molecule has 0 spiro atoms. The Bertz CT molecular complexity index is 999. The molecule has 0 unspecified atom stereocenters. The number of benzene rings is 3. The first-order chi connectivity index (χ1) is 16.2. The zero-order valence-electron chi connectivity index (χ0n) is 19.7. The summed E-state index contributed by atoms with van der Waals surface area (Å²) in [4.78, 5) is 2.50. The van der Waals surface area contributed by atoms with E-state index in [-0.39, 0.29) is 5.92 Å². The third-order valence-electron chi connectivity index (χ3n) is 6.72. The van der Waals surface area contributed by atoms with Crippen molar-refractivity contribution < 1.29 is 14.6 Å². The number of aliphatic hydroxyl groups is 1. The van der Waals surface area contributed by atoms with E-state index in [2.05, 4.69) is 29.2 Å². The van der Waals surface area contributed by atoms with Crippen molar-refractivity contribution in [3.63, 3.8) is 0 Å². The molecule has 0 aromatic heterocycles. The van der Waals surface area contributed by atoms with Crippen LogP contribution in [0.15, 0.2) is 78.9 Å². The van der Waals surface area contributed by atoms with E-state index < -0.39 is 5.60 Å². The fourth-order valence-corrected chi connectivity index (χ4v) is 5.04. The Kier molecular flexibility index (Phi) is 7.69. The number of likely N-dealkylation sites (tertiary alicyclic amines) is 1. The molecule has 0 radical (unpaired) electrons. The van der Waals surface area contributed by atoms with E-state index in [0.29, 0.717) is 12.4 Å². The summed E-state index contributed by atoms with van der Waals surface area (Å²) in [6.45, 7) is 5.48. The Morgan fingerprint density at radius 2 is 1.55 bits per heavy atom. The van der Waals surface area contributed by atoms with E-state index in [1.54, 1.807) is 7.11 Å².